The molecule has 0 bridgehead atoms. The quantitative estimate of drug-likeness (QED) is 0.267. The zero-order chi connectivity index (χ0) is 24.7. The van der Waals surface area contributed by atoms with E-state index in [0.29, 0.717) is 19.7 Å². The standard InChI is InChI=1S/C31H27N3O2/c32-22-27(31(35)34-19-17-33(18-20-34)28-10-2-1-3-11-28)21-24-13-15-29(16-14-24)36-23-26-9-6-8-25-7-4-5-12-30(25)26/h1-16,21H,17-20,23H2/b27-21-. The van der Waals surface area contributed by atoms with Crippen LogP contribution in [0.4, 0.5) is 5.69 Å². The van der Waals surface area contributed by atoms with Crippen LogP contribution in [0.15, 0.2) is 103 Å². The van der Waals surface area contributed by atoms with Crippen LogP contribution in [0.25, 0.3) is 16.8 Å². The van der Waals surface area contributed by atoms with Crippen molar-refractivity contribution in [3.8, 4) is 11.8 Å². The summed E-state index contributed by atoms with van der Waals surface area (Å²) in [4.78, 5) is 17.0. The van der Waals surface area contributed by atoms with E-state index in [1.165, 1.54) is 10.8 Å². The Kier molecular flexibility index (Phi) is 6.95. The first-order valence-electron chi connectivity index (χ1n) is 12.1. The normalized spacial score (nSPS) is 13.9. The number of ether oxygens (including phenoxy) is 1. The number of nitrogens with zero attached hydrogens (tertiary/aromatic N) is 3. The molecule has 1 heterocycles. The second kappa shape index (κ2) is 10.8. The van der Waals surface area contributed by atoms with Crippen LogP contribution < -0.4 is 9.64 Å². The number of carbonyl (C=O) groups is 1. The first kappa shape index (κ1) is 23.2. The molecule has 1 aliphatic heterocycles. The van der Waals surface area contributed by atoms with Crippen LogP contribution in [0.3, 0.4) is 0 Å². The van der Waals surface area contributed by atoms with Crippen molar-refractivity contribution in [2.75, 3.05) is 31.1 Å². The van der Waals surface area contributed by atoms with Gasteiger partial charge in [0.05, 0.1) is 0 Å². The summed E-state index contributed by atoms with van der Waals surface area (Å²) >= 11 is 0. The number of carbonyl (C=O) groups excluding carboxylic acids is 1. The molecular weight excluding hydrogens is 446 g/mol. The molecule has 178 valence electrons. The van der Waals surface area contributed by atoms with Gasteiger partial charge in [-0.05, 0) is 52.2 Å². The van der Waals surface area contributed by atoms with E-state index in [1.54, 1.807) is 11.0 Å². The van der Waals surface area contributed by atoms with Gasteiger partial charge in [0.15, 0.2) is 0 Å². The van der Waals surface area contributed by atoms with Crippen LogP contribution in [0, 0.1) is 11.3 Å². The van der Waals surface area contributed by atoms with Crippen molar-refractivity contribution in [1.29, 1.82) is 5.26 Å². The lowest BCUT2D eigenvalue weighted by Gasteiger charge is -2.36. The van der Waals surface area contributed by atoms with Crippen molar-refractivity contribution in [3.05, 3.63) is 114 Å². The highest BCUT2D eigenvalue weighted by atomic mass is 16.5. The number of anilines is 1. The Labute approximate surface area is 211 Å². The summed E-state index contributed by atoms with van der Waals surface area (Å²) in [5.74, 6) is 0.517. The van der Waals surface area contributed by atoms with Gasteiger partial charge in [-0.15, -0.1) is 0 Å². The summed E-state index contributed by atoms with van der Waals surface area (Å²) in [5.41, 5.74) is 3.22. The van der Waals surface area contributed by atoms with Crippen molar-refractivity contribution >= 4 is 28.4 Å². The van der Waals surface area contributed by atoms with E-state index in [9.17, 15) is 10.1 Å². The maximum Gasteiger partial charge on any atom is 0.264 e. The Morgan fingerprint density at radius 1 is 0.833 bits per heavy atom. The molecule has 1 amide bonds. The lowest BCUT2D eigenvalue weighted by Crippen LogP contribution is -2.49. The molecule has 0 aromatic heterocycles. The fourth-order valence-corrected chi connectivity index (χ4v) is 4.53. The highest BCUT2D eigenvalue weighted by Gasteiger charge is 2.23. The molecule has 36 heavy (non-hydrogen) atoms. The van der Waals surface area contributed by atoms with Crippen molar-refractivity contribution in [3.63, 3.8) is 0 Å². The Hall–Kier alpha value is -4.56. The number of hydrogen-bond donors (Lipinski definition) is 0. The minimum atomic E-state index is -0.221. The maximum absolute atomic E-state index is 13.0. The van der Waals surface area contributed by atoms with Gasteiger partial charge < -0.3 is 14.5 Å². The minimum Gasteiger partial charge on any atom is -0.489 e. The molecule has 5 heteroatoms. The molecule has 1 aliphatic rings. The third-order valence-corrected chi connectivity index (χ3v) is 6.50. The molecule has 1 saturated heterocycles. The number of amides is 1. The first-order valence-corrected chi connectivity index (χ1v) is 12.1. The summed E-state index contributed by atoms with van der Waals surface area (Å²) in [7, 11) is 0. The number of piperazine rings is 1. The molecule has 0 unspecified atom stereocenters. The van der Waals surface area contributed by atoms with Crippen LogP contribution in [-0.4, -0.2) is 37.0 Å². The van der Waals surface area contributed by atoms with Crippen molar-refractivity contribution in [2.24, 2.45) is 0 Å². The van der Waals surface area contributed by atoms with Crippen molar-refractivity contribution in [2.45, 2.75) is 6.61 Å². The van der Waals surface area contributed by atoms with Gasteiger partial charge in [-0.25, -0.2) is 0 Å². The van der Waals surface area contributed by atoms with E-state index < -0.39 is 0 Å². The second-order valence-corrected chi connectivity index (χ2v) is 8.78. The fourth-order valence-electron chi connectivity index (χ4n) is 4.53. The Morgan fingerprint density at radius 3 is 2.28 bits per heavy atom. The zero-order valence-electron chi connectivity index (χ0n) is 20.0. The molecule has 0 saturated carbocycles. The SMILES string of the molecule is N#C/C(=C/c1ccc(OCc2cccc3ccccc23)cc1)C(=O)N1CCN(c2ccccc2)CC1. The van der Waals surface area contributed by atoms with E-state index >= 15 is 0 Å². The van der Waals surface area contributed by atoms with Crippen LogP contribution in [0.2, 0.25) is 0 Å². The van der Waals surface area contributed by atoms with Crippen LogP contribution in [0.5, 0.6) is 5.75 Å². The van der Waals surface area contributed by atoms with Gasteiger partial charge >= 0.3 is 0 Å². The van der Waals surface area contributed by atoms with Crippen molar-refractivity contribution in [1.82, 2.24) is 4.90 Å². The highest BCUT2D eigenvalue weighted by Crippen LogP contribution is 2.22. The van der Waals surface area contributed by atoms with E-state index in [2.05, 4.69) is 47.4 Å². The molecule has 0 radical (unpaired) electrons. The number of nitriles is 1. The van der Waals surface area contributed by atoms with Crippen molar-refractivity contribution < 1.29 is 9.53 Å². The maximum atomic E-state index is 13.0. The first-order chi connectivity index (χ1) is 17.7. The molecule has 0 N–H and O–H groups in total. The van der Waals surface area contributed by atoms with E-state index in [1.807, 2.05) is 60.7 Å². The lowest BCUT2D eigenvalue weighted by molar-refractivity contribution is -0.126. The largest absolute Gasteiger partial charge is 0.489 e. The highest BCUT2D eigenvalue weighted by molar-refractivity contribution is 6.01. The molecule has 4 aromatic carbocycles. The average molecular weight is 474 g/mol. The minimum absolute atomic E-state index is 0.146. The van der Waals surface area contributed by atoms with Crippen LogP contribution >= 0.6 is 0 Å². The summed E-state index contributed by atoms with van der Waals surface area (Å²) in [5, 5.41) is 12.0. The fraction of sp³-hybridized carbons (Fsp3) is 0.161. The summed E-state index contributed by atoms with van der Waals surface area (Å²) < 4.78 is 6.01. The van der Waals surface area contributed by atoms with E-state index in [-0.39, 0.29) is 11.5 Å². The summed E-state index contributed by atoms with van der Waals surface area (Å²) in [6, 6.07) is 34.2. The summed E-state index contributed by atoms with van der Waals surface area (Å²) in [6.07, 6.45) is 1.65. The zero-order valence-corrected chi connectivity index (χ0v) is 20.0. The smallest absolute Gasteiger partial charge is 0.264 e. The molecule has 5 rings (SSSR count). The number of para-hydroxylation sites is 1. The average Bonchev–Trinajstić information content (AvgIpc) is 2.95. The molecule has 1 fully saturated rings. The summed E-state index contributed by atoms with van der Waals surface area (Å²) in [6.45, 7) is 3.14. The van der Waals surface area contributed by atoms with E-state index in [0.717, 1.165) is 35.7 Å². The number of fused-ring (bicyclic) bond motifs is 1. The predicted molar refractivity (Wildman–Crippen MR) is 144 cm³/mol. The van der Waals surface area contributed by atoms with Gasteiger partial charge in [0.1, 0.15) is 24.0 Å². The Balaban J connectivity index is 1.20. The van der Waals surface area contributed by atoms with E-state index in [4.69, 9.17) is 4.74 Å². The monoisotopic (exact) mass is 473 g/mol. The number of benzene rings is 4. The molecule has 0 aliphatic carbocycles. The molecule has 0 atom stereocenters. The Bertz CT molecular complexity index is 1410. The Morgan fingerprint density at radius 2 is 1.53 bits per heavy atom. The van der Waals surface area contributed by atoms with Gasteiger partial charge in [0.2, 0.25) is 0 Å². The molecule has 4 aromatic rings. The van der Waals surface area contributed by atoms with Crippen LogP contribution in [0.1, 0.15) is 11.1 Å². The van der Waals surface area contributed by atoms with Crippen LogP contribution in [-0.2, 0) is 11.4 Å². The second-order valence-electron chi connectivity index (χ2n) is 8.78. The topological polar surface area (TPSA) is 56.6 Å². The molecule has 5 nitrogen and oxygen atoms in total. The third kappa shape index (κ3) is 5.24. The number of hydrogen-bond acceptors (Lipinski definition) is 4. The van der Waals surface area contributed by atoms with Gasteiger partial charge in [0, 0.05) is 31.9 Å². The lowest BCUT2D eigenvalue weighted by atomic mass is 10.1. The van der Waals surface area contributed by atoms with Gasteiger partial charge in [-0.2, -0.15) is 5.26 Å². The van der Waals surface area contributed by atoms with Gasteiger partial charge in [-0.1, -0.05) is 72.8 Å². The van der Waals surface area contributed by atoms with Gasteiger partial charge in [-0.3, -0.25) is 4.79 Å². The molecule has 0 spiro atoms. The predicted octanol–water partition coefficient (Wildman–Crippen LogP) is 5.67. The van der Waals surface area contributed by atoms with Gasteiger partial charge in [0.25, 0.3) is 5.91 Å². The number of rotatable bonds is 6. The molecular formula is C31H27N3O2. The third-order valence-electron chi connectivity index (χ3n) is 6.50.